The second-order valence-corrected chi connectivity index (χ2v) is 7.89. The van der Waals surface area contributed by atoms with Crippen molar-refractivity contribution in [2.75, 3.05) is 11.6 Å². The third kappa shape index (κ3) is 3.48. The molecule has 1 aliphatic heterocycles. The van der Waals surface area contributed by atoms with Gasteiger partial charge in [0.2, 0.25) is 0 Å². The van der Waals surface area contributed by atoms with E-state index in [9.17, 15) is 8.42 Å². The molecule has 1 N–H and O–H groups in total. The van der Waals surface area contributed by atoms with Gasteiger partial charge in [0.15, 0.2) is 9.84 Å². The van der Waals surface area contributed by atoms with E-state index in [1.54, 1.807) is 6.92 Å². The van der Waals surface area contributed by atoms with E-state index in [0.717, 1.165) is 17.7 Å². The molecule has 1 aliphatic rings. The first-order valence-electron chi connectivity index (χ1n) is 6.55. The van der Waals surface area contributed by atoms with Gasteiger partial charge in [0, 0.05) is 23.8 Å². The molecule has 5 heteroatoms. The Bertz CT molecular complexity index is 552. The number of benzene rings is 1. The van der Waals surface area contributed by atoms with Crippen LogP contribution in [0.4, 0.5) is 0 Å². The molecular weight excluding hydrogens is 262 g/mol. The Hall–Kier alpha value is -1.07. The minimum atomic E-state index is -3.01. The van der Waals surface area contributed by atoms with Crippen molar-refractivity contribution >= 4 is 9.84 Å². The van der Waals surface area contributed by atoms with Crippen LogP contribution in [-0.4, -0.2) is 25.6 Å². The number of fused-ring (bicyclic) bond motifs is 1. The fourth-order valence-corrected chi connectivity index (χ4v) is 2.97. The van der Waals surface area contributed by atoms with Crippen LogP contribution in [0, 0.1) is 0 Å². The first kappa shape index (κ1) is 14.3. The lowest BCUT2D eigenvalue weighted by Crippen LogP contribution is -2.40. The van der Waals surface area contributed by atoms with Gasteiger partial charge in [0.25, 0.3) is 0 Å². The zero-order valence-electron chi connectivity index (χ0n) is 11.6. The Morgan fingerprint density at radius 3 is 2.74 bits per heavy atom. The fraction of sp³-hybridized carbons (Fsp3) is 0.571. The number of hydrogen-bond acceptors (Lipinski definition) is 4. The van der Waals surface area contributed by atoms with Crippen LogP contribution in [0.15, 0.2) is 24.3 Å². The lowest BCUT2D eigenvalue weighted by Gasteiger charge is -2.38. The second kappa shape index (κ2) is 5.13. The van der Waals surface area contributed by atoms with Gasteiger partial charge in [0.05, 0.1) is 5.88 Å². The van der Waals surface area contributed by atoms with E-state index >= 15 is 0 Å². The highest BCUT2D eigenvalue weighted by Gasteiger charge is 2.33. The highest BCUT2D eigenvalue weighted by Crippen LogP contribution is 2.39. The van der Waals surface area contributed by atoms with Crippen molar-refractivity contribution in [3.05, 3.63) is 29.8 Å². The van der Waals surface area contributed by atoms with E-state index in [1.807, 2.05) is 38.1 Å². The number of ether oxygens (including phenoxy) is 1. The minimum absolute atomic E-state index is 0.0125. The topological polar surface area (TPSA) is 55.4 Å². The molecule has 0 aliphatic carbocycles. The van der Waals surface area contributed by atoms with Gasteiger partial charge in [-0.1, -0.05) is 25.1 Å². The van der Waals surface area contributed by atoms with Crippen molar-refractivity contribution < 1.29 is 13.2 Å². The zero-order valence-corrected chi connectivity index (χ0v) is 12.5. The van der Waals surface area contributed by atoms with Crippen LogP contribution in [0.2, 0.25) is 0 Å². The summed E-state index contributed by atoms with van der Waals surface area (Å²) < 4.78 is 29.2. The van der Waals surface area contributed by atoms with Gasteiger partial charge in [-0.15, -0.1) is 0 Å². The first-order valence-corrected chi connectivity index (χ1v) is 8.37. The second-order valence-electron chi connectivity index (χ2n) is 5.54. The average molecular weight is 283 g/mol. The average Bonchev–Trinajstić information content (AvgIpc) is 2.35. The molecule has 106 valence electrons. The summed E-state index contributed by atoms with van der Waals surface area (Å²) in [6.45, 7) is 5.71. The number of para-hydroxylation sites is 1. The van der Waals surface area contributed by atoms with Crippen LogP contribution < -0.4 is 10.1 Å². The van der Waals surface area contributed by atoms with Gasteiger partial charge in [0.1, 0.15) is 11.4 Å². The summed E-state index contributed by atoms with van der Waals surface area (Å²) >= 11 is 0. The van der Waals surface area contributed by atoms with Gasteiger partial charge in [-0.25, -0.2) is 8.42 Å². The quantitative estimate of drug-likeness (QED) is 0.921. The Kier molecular flexibility index (Phi) is 3.87. The summed E-state index contributed by atoms with van der Waals surface area (Å²) in [5.41, 5.74) is 0.746. The molecular formula is C14H21NO3S. The number of rotatable bonds is 4. The molecule has 0 bridgehead atoms. The molecule has 1 atom stereocenters. The molecule has 2 rings (SSSR count). The zero-order chi connectivity index (χ0) is 14.1. The van der Waals surface area contributed by atoms with Crippen molar-refractivity contribution in [3.63, 3.8) is 0 Å². The highest BCUT2D eigenvalue weighted by atomic mass is 32.2. The molecule has 0 spiro atoms. The third-order valence-corrected chi connectivity index (χ3v) is 4.85. The largest absolute Gasteiger partial charge is 0.487 e. The minimum Gasteiger partial charge on any atom is -0.487 e. The normalized spacial score (nSPS) is 21.5. The van der Waals surface area contributed by atoms with E-state index in [4.69, 9.17) is 4.74 Å². The number of sulfone groups is 1. The van der Waals surface area contributed by atoms with Crippen LogP contribution in [0.5, 0.6) is 5.75 Å². The van der Waals surface area contributed by atoms with Crippen molar-refractivity contribution in [1.82, 2.24) is 5.32 Å². The molecule has 0 radical (unpaired) electrons. The van der Waals surface area contributed by atoms with Gasteiger partial charge >= 0.3 is 0 Å². The van der Waals surface area contributed by atoms with Crippen LogP contribution in [0.1, 0.15) is 38.8 Å². The highest BCUT2D eigenvalue weighted by molar-refractivity contribution is 7.91. The van der Waals surface area contributed by atoms with Crippen LogP contribution in [0.25, 0.3) is 0 Å². The van der Waals surface area contributed by atoms with Crippen molar-refractivity contribution in [2.45, 2.75) is 38.8 Å². The molecule has 0 saturated carbocycles. The Morgan fingerprint density at radius 1 is 1.37 bits per heavy atom. The van der Waals surface area contributed by atoms with Crippen LogP contribution in [0.3, 0.4) is 0 Å². The molecule has 0 saturated heterocycles. The predicted octanol–water partition coefficient (Wildman–Crippen LogP) is 2.27. The van der Waals surface area contributed by atoms with Gasteiger partial charge in [-0.2, -0.15) is 0 Å². The Labute approximate surface area is 115 Å². The SMILES string of the molecule is CCS(=O)(=O)CNC1CC(C)(C)Oc2ccccc21. The fourth-order valence-electron chi connectivity index (χ4n) is 2.31. The van der Waals surface area contributed by atoms with Crippen molar-refractivity contribution in [3.8, 4) is 5.75 Å². The molecule has 0 amide bonds. The van der Waals surface area contributed by atoms with Gasteiger partial charge in [-0.3, -0.25) is 5.32 Å². The molecule has 0 fully saturated rings. The number of nitrogens with one attached hydrogen (secondary N) is 1. The maximum absolute atomic E-state index is 11.6. The van der Waals surface area contributed by atoms with Gasteiger partial charge < -0.3 is 4.74 Å². The van der Waals surface area contributed by atoms with Crippen LogP contribution >= 0.6 is 0 Å². The van der Waals surface area contributed by atoms with E-state index < -0.39 is 9.84 Å². The Morgan fingerprint density at radius 2 is 2.05 bits per heavy atom. The Balaban J connectivity index is 2.21. The standard InChI is InChI=1S/C14H21NO3S/c1-4-19(16,17)10-15-12-9-14(2,3)18-13-8-6-5-7-11(12)13/h5-8,12,15H,4,9-10H2,1-3H3. The maximum atomic E-state index is 11.6. The van der Waals surface area contributed by atoms with Crippen LogP contribution in [-0.2, 0) is 9.84 Å². The summed E-state index contributed by atoms with van der Waals surface area (Å²) in [6, 6.07) is 7.81. The lowest BCUT2D eigenvalue weighted by molar-refractivity contribution is 0.0671. The molecule has 4 nitrogen and oxygen atoms in total. The van der Waals surface area contributed by atoms with E-state index in [2.05, 4.69) is 5.32 Å². The van der Waals surface area contributed by atoms with Crippen molar-refractivity contribution in [1.29, 1.82) is 0 Å². The molecule has 0 aromatic heterocycles. The molecule has 19 heavy (non-hydrogen) atoms. The molecule has 1 aromatic rings. The number of hydrogen-bond donors (Lipinski definition) is 1. The molecule has 1 aromatic carbocycles. The molecule has 1 unspecified atom stereocenters. The van der Waals surface area contributed by atoms with Crippen molar-refractivity contribution in [2.24, 2.45) is 0 Å². The monoisotopic (exact) mass is 283 g/mol. The maximum Gasteiger partial charge on any atom is 0.162 e. The lowest BCUT2D eigenvalue weighted by atomic mass is 9.90. The van der Waals surface area contributed by atoms with E-state index in [-0.39, 0.29) is 23.3 Å². The smallest absolute Gasteiger partial charge is 0.162 e. The van der Waals surface area contributed by atoms with E-state index in [1.165, 1.54) is 0 Å². The summed E-state index contributed by atoms with van der Waals surface area (Å²) in [5, 5.41) is 3.16. The van der Waals surface area contributed by atoms with E-state index in [0.29, 0.717) is 0 Å². The summed E-state index contributed by atoms with van der Waals surface area (Å²) in [4.78, 5) is 0. The third-order valence-electron chi connectivity index (χ3n) is 3.37. The summed E-state index contributed by atoms with van der Waals surface area (Å²) in [5.74, 6) is 1.01. The van der Waals surface area contributed by atoms with Gasteiger partial charge in [-0.05, 0) is 19.9 Å². The first-order chi connectivity index (χ1) is 8.83. The summed E-state index contributed by atoms with van der Waals surface area (Å²) in [6.07, 6.45) is 0.753. The summed E-state index contributed by atoms with van der Waals surface area (Å²) in [7, 11) is -3.01. The predicted molar refractivity (Wildman–Crippen MR) is 76.0 cm³/mol. The molecule has 1 heterocycles.